The highest BCUT2D eigenvalue weighted by molar-refractivity contribution is 6.02. The minimum Gasteiger partial charge on any atom is -0.484 e. The van der Waals surface area contributed by atoms with Crippen molar-refractivity contribution in [3.05, 3.63) is 77.9 Å². The molecule has 0 atom stereocenters. The summed E-state index contributed by atoms with van der Waals surface area (Å²) in [4.78, 5) is 11.9. The van der Waals surface area contributed by atoms with Gasteiger partial charge < -0.3 is 4.74 Å². The fraction of sp³-hybridized carbons (Fsp3) is 0.182. The summed E-state index contributed by atoms with van der Waals surface area (Å²) in [6.07, 6.45) is 0.976. The molecule has 1 amide bonds. The Morgan fingerprint density at radius 2 is 1.73 bits per heavy atom. The van der Waals surface area contributed by atoms with Crippen molar-refractivity contribution < 1.29 is 9.53 Å². The van der Waals surface area contributed by atoms with Gasteiger partial charge in [0.1, 0.15) is 5.75 Å². The van der Waals surface area contributed by atoms with E-state index in [-0.39, 0.29) is 12.5 Å². The van der Waals surface area contributed by atoms with Gasteiger partial charge in [-0.2, -0.15) is 5.10 Å². The van der Waals surface area contributed by atoms with Gasteiger partial charge >= 0.3 is 0 Å². The second kappa shape index (κ2) is 8.30. The molecule has 132 valence electrons. The van der Waals surface area contributed by atoms with Crippen LogP contribution in [0.1, 0.15) is 25.0 Å². The Kier molecular flexibility index (Phi) is 5.64. The van der Waals surface area contributed by atoms with E-state index >= 15 is 0 Å². The molecule has 0 saturated heterocycles. The summed E-state index contributed by atoms with van der Waals surface area (Å²) in [5, 5.41) is 6.50. The fourth-order valence-corrected chi connectivity index (χ4v) is 2.63. The number of nitrogens with one attached hydrogen (secondary N) is 1. The van der Waals surface area contributed by atoms with E-state index in [1.165, 1.54) is 10.9 Å². The molecular formula is C22H22N2O2. The standard InChI is InChI=1S/C22H22N2O2/c1-3-17-8-12-21(13-9-17)26-15-22(25)24-23-16(2)19-11-10-18-6-4-5-7-20(18)14-19/h4-14H,3,15H2,1-2H3,(H,24,25)/b23-16+. The molecule has 0 unspecified atom stereocenters. The summed E-state index contributed by atoms with van der Waals surface area (Å²) in [6, 6.07) is 22.0. The number of carbonyl (C=O) groups excluding carboxylic acids is 1. The molecule has 26 heavy (non-hydrogen) atoms. The third-order valence-electron chi connectivity index (χ3n) is 4.22. The topological polar surface area (TPSA) is 50.7 Å². The van der Waals surface area contributed by atoms with Gasteiger partial charge in [-0.1, -0.05) is 55.5 Å². The molecular weight excluding hydrogens is 324 g/mol. The molecule has 3 rings (SSSR count). The predicted octanol–water partition coefficient (Wildman–Crippen LogP) is 4.32. The largest absolute Gasteiger partial charge is 0.484 e. The summed E-state index contributed by atoms with van der Waals surface area (Å²) in [7, 11) is 0. The SMILES string of the molecule is CCc1ccc(OCC(=O)N/N=C(\C)c2ccc3ccccc3c2)cc1. The lowest BCUT2D eigenvalue weighted by Crippen LogP contribution is -2.25. The number of benzene rings is 3. The van der Waals surface area contributed by atoms with Crippen LogP contribution < -0.4 is 10.2 Å². The number of amides is 1. The number of carbonyl (C=O) groups is 1. The predicted molar refractivity (Wildman–Crippen MR) is 106 cm³/mol. The molecule has 0 bridgehead atoms. The molecule has 3 aromatic rings. The summed E-state index contributed by atoms with van der Waals surface area (Å²) in [6.45, 7) is 3.90. The number of hydrogen-bond donors (Lipinski definition) is 1. The van der Waals surface area contributed by atoms with Crippen LogP contribution in [0.3, 0.4) is 0 Å². The zero-order chi connectivity index (χ0) is 18.4. The summed E-state index contributed by atoms with van der Waals surface area (Å²) < 4.78 is 5.48. The van der Waals surface area contributed by atoms with Gasteiger partial charge in [-0.25, -0.2) is 5.43 Å². The molecule has 0 fully saturated rings. The van der Waals surface area contributed by atoms with Crippen LogP contribution in [-0.4, -0.2) is 18.2 Å². The van der Waals surface area contributed by atoms with E-state index in [2.05, 4.69) is 41.7 Å². The second-order valence-corrected chi connectivity index (χ2v) is 6.08. The number of ether oxygens (including phenoxy) is 1. The minimum absolute atomic E-state index is 0.0695. The van der Waals surface area contributed by atoms with E-state index < -0.39 is 0 Å². The zero-order valence-corrected chi connectivity index (χ0v) is 15.0. The van der Waals surface area contributed by atoms with Crippen molar-refractivity contribution in [2.24, 2.45) is 5.10 Å². The third-order valence-corrected chi connectivity index (χ3v) is 4.22. The number of fused-ring (bicyclic) bond motifs is 1. The Hall–Kier alpha value is -3.14. The van der Waals surface area contributed by atoms with Gasteiger partial charge in [0.2, 0.25) is 0 Å². The van der Waals surface area contributed by atoms with E-state index in [9.17, 15) is 4.79 Å². The Morgan fingerprint density at radius 1 is 1.00 bits per heavy atom. The molecule has 3 aromatic carbocycles. The van der Waals surface area contributed by atoms with E-state index in [1.54, 1.807) is 0 Å². The van der Waals surface area contributed by atoms with Gasteiger partial charge in [0.15, 0.2) is 6.61 Å². The van der Waals surface area contributed by atoms with Crippen molar-refractivity contribution >= 4 is 22.4 Å². The van der Waals surface area contributed by atoms with Crippen molar-refractivity contribution in [3.8, 4) is 5.75 Å². The van der Waals surface area contributed by atoms with Crippen LogP contribution in [0.25, 0.3) is 10.8 Å². The van der Waals surface area contributed by atoms with Crippen LogP contribution in [0, 0.1) is 0 Å². The molecule has 0 aliphatic carbocycles. The average molecular weight is 346 g/mol. The van der Waals surface area contributed by atoms with E-state index in [4.69, 9.17) is 4.74 Å². The number of rotatable bonds is 6. The monoisotopic (exact) mass is 346 g/mol. The summed E-state index contributed by atoms with van der Waals surface area (Å²) in [5.74, 6) is 0.386. The van der Waals surface area contributed by atoms with Gasteiger partial charge in [-0.05, 0) is 53.4 Å². The molecule has 0 aliphatic rings. The normalized spacial score (nSPS) is 11.4. The van der Waals surface area contributed by atoms with Gasteiger partial charge in [-0.15, -0.1) is 0 Å². The first-order valence-electron chi connectivity index (χ1n) is 8.70. The Balaban J connectivity index is 1.57. The Morgan fingerprint density at radius 3 is 2.46 bits per heavy atom. The molecule has 4 nitrogen and oxygen atoms in total. The molecule has 0 radical (unpaired) electrons. The highest BCUT2D eigenvalue weighted by Crippen LogP contribution is 2.16. The molecule has 4 heteroatoms. The number of hydrazone groups is 1. The smallest absolute Gasteiger partial charge is 0.277 e. The summed E-state index contributed by atoms with van der Waals surface area (Å²) in [5.41, 5.74) is 5.50. The van der Waals surface area contributed by atoms with Crippen LogP contribution >= 0.6 is 0 Å². The van der Waals surface area contributed by atoms with Crippen molar-refractivity contribution in [3.63, 3.8) is 0 Å². The van der Waals surface area contributed by atoms with Gasteiger partial charge in [0, 0.05) is 0 Å². The zero-order valence-electron chi connectivity index (χ0n) is 15.0. The number of nitrogens with zero attached hydrogens (tertiary/aromatic N) is 1. The molecule has 0 aliphatic heterocycles. The molecule has 0 spiro atoms. The quantitative estimate of drug-likeness (QED) is 0.534. The lowest BCUT2D eigenvalue weighted by atomic mass is 10.0. The van der Waals surface area contributed by atoms with Crippen LogP contribution in [0.4, 0.5) is 0 Å². The van der Waals surface area contributed by atoms with Crippen molar-refractivity contribution in [2.45, 2.75) is 20.3 Å². The van der Waals surface area contributed by atoms with E-state index in [0.29, 0.717) is 5.75 Å². The first-order valence-corrected chi connectivity index (χ1v) is 8.70. The van der Waals surface area contributed by atoms with Crippen LogP contribution in [0.5, 0.6) is 5.75 Å². The maximum absolute atomic E-state index is 11.9. The number of aryl methyl sites for hydroxylation is 1. The average Bonchev–Trinajstić information content (AvgIpc) is 2.70. The second-order valence-electron chi connectivity index (χ2n) is 6.08. The Labute approximate surface area is 153 Å². The maximum atomic E-state index is 11.9. The van der Waals surface area contributed by atoms with Crippen molar-refractivity contribution in [1.29, 1.82) is 0 Å². The first-order chi connectivity index (χ1) is 12.7. The number of hydrogen-bond acceptors (Lipinski definition) is 3. The lowest BCUT2D eigenvalue weighted by Gasteiger charge is -2.07. The Bertz CT molecular complexity index is 930. The first kappa shape index (κ1) is 17.7. The molecule has 0 saturated carbocycles. The molecule has 0 heterocycles. The third kappa shape index (κ3) is 4.48. The van der Waals surface area contributed by atoms with E-state index in [0.717, 1.165) is 23.1 Å². The van der Waals surface area contributed by atoms with Crippen LogP contribution in [0.2, 0.25) is 0 Å². The van der Waals surface area contributed by atoms with Crippen LogP contribution in [0.15, 0.2) is 71.8 Å². The highest BCUT2D eigenvalue weighted by atomic mass is 16.5. The minimum atomic E-state index is -0.287. The van der Waals surface area contributed by atoms with Gasteiger partial charge in [-0.3, -0.25) is 4.79 Å². The van der Waals surface area contributed by atoms with Crippen molar-refractivity contribution in [2.75, 3.05) is 6.61 Å². The highest BCUT2D eigenvalue weighted by Gasteiger charge is 2.04. The molecule has 1 N–H and O–H groups in total. The van der Waals surface area contributed by atoms with Gasteiger partial charge in [0.25, 0.3) is 5.91 Å². The maximum Gasteiger partial charge on any atom is 0.277 e. The lowest BCUT2D eigenvalue weighted by molar-refractivity contribution is -0.123. The van der Waals surface area contributed by atoms with Crippen LogP contribution in [-0.2, 0) is 11.2 Å². The molecule has 0 aromatic heterocycles. The van der Waals surface area contributed by atoms with Crippen molar-refractivity contribution in [1.82, 2.24) is 5.43 Å². The van der Waals surface area contributed by atoms with E-state index in [1.807, 2.05) is 49.4 Å². The summed E-state index contributed by atoms with van der Waals surface area (Å²) >= 11 is 0. The fourth-order valence-electron chi connectivity index (χ4n) is 2.63. The van der Waals surface area contributed by atoms with Gasteiger partial charge in [0.05, 0.1) is 5.71 Å².